The van der Waals surface area contributed by atoms with E-state index in [0.29, 0.717) is 12.0 Å². The van der Waals surface area contributed by atoms with Crippen LogP contribution in [0.5, 0.6) is 5.75 Å². The molecule has 0 spiro atoms. The number of fused-ring (bicyclic) bond motifs is 1. The second kappa shape index (κ2) is 6.17. The molecule has 0 amide bonds. The van der Waals surface area contributed by atoms with Gasteiger partial charge in [0.2, 0.25) is 0 Å². The van der Waals surface area contributed by atoms with E-state index in [1.807, 2.05) is 0 Å². The van der Waals surface area contributed by atoms with Gasteiger partial charge in [-0.1, -0.05) is 39.8 Å². The molecule has 1 aromatic rings. The lowest BCUT2D eigenvalue weighted by atomic mass is 9.83. The number of ether oxygens (including phenoxy) is 1. The van der Waals surface area contributed by atoms with E-state index >= 15 is 0 Å². The van der Waals surface area contributed by atoms with Gasteiger partial charge in [-0.05, 0) is 43.9 Å². The minimum Gasteiger partial charge on any atom is -0.487 e. The number of nitrogens with one attached hydrogen (secondary N) is 1. The summed E-state index contributed by atoms with van der Waals surface area (Å²) in [5.41, 5.74) is 2.60. The van der Waals surface area contributed by atoms with Gasteiger partial charge in [-0.25, -0.2) is 0 Å². The Morgan fingerprint density at radius 3 is 2.60 bits per heavy atom. The van der Waals surface area contributed by atoms with Crippen molar-refractivity contribution in [3.63, 3.8) is 0 Å². The molecule has 0 radical (unpaired) electrons. The van der Waals surface area contributed by atoms with Crippen LogP contribution in [0.2, 0.25) is 0 Å². The Bertz CT molecular complexity index is 449. The number of hydrogen-bond acceptors (Lipinski definition) is 2. The van der Waals surface area contributed by atoms with E-state index in [9.17, 15) is 0 Å². The Hall–Kier alpha value is -1.02. The average molecular weight is 275 g/mol. The predicted octanol–water partition coefficient (Wildman–Crippen LogP) is 4.62. The average Bonchev–Trinajstić information content (AvgIpc) is 2.43. The zero-order valence-corrected chi connectivity index (χ0v) is 13.6. The van der Waals surface area contributed by atoms with Crippen LogP contribution in [0.1, 0.15) is 64.1 Å². The molecule has 1 aromatic carbocycles. The first kappa shape index (κ1) is 15.4. The molecular weight excluding hydrogens is 246 g/mol. The summed E-state index contributed by atoms with van der Waals surface area (Å²) in [5, 5.41) is 3.74. The van der Waals surface area contributed by atoms with Crippen LogP contribution in [0.15, 0.2) is 18.2 Å². The van der Waals surface area contributed by atoms with Gasteiger partial charge in [0.25, 0.3) is 0 Å². The van der Waals surface area contributed by atoms with Crippen molar-refractivity contribution in [2.45, 2.75) is 65.5 Å². The maximum Gasteiger partial charge on any atom is 0.125 e. The topological polar surface area (TPSA) is 21.3 Å². The number of aryl methyl sites for hydroxylation is 1. The Kier molecular flexibility index (Phi) is 4.74. The van der Waals surface area contributed by atoms with Crippen molar-refractivity contribution in [1.29, 1.82) is 0 Å². The molecule has 2 rings (SSSR count). The summed E-state index contributed by atoms with van der Waals surface area (Å²) in [4.78, 5) is 0. The van der Waals surface area contributed by atoms with Gasteiger partial charge >= 0.3 is 0 Å². The molecule has 2 nitrogen and oxygen atoms in total. The van der Waals surface area contributed by atoms with E-state index in [4.69, 9.17) is 4.74 Å². The molecule has 1 heterocycles. The zero-order valence-electron chi connectivity index (χ0n) is 13.6. The lowest BCUT2D eigenvalue weighted by Gasteiger charge is -2.42. The third-order valence-corrected chi connectivity index (χ3v) is 4.51. The molecule has 1 unspecified atom stereocenters. The fourth-order valence-corrected chi connectivity index (χ4v) is 3.02. The smallest absolute Gasteiger partial charge is 0.125 e. The molecule has 1 N–H and O–H groups in total. The summed E-state index contributed by atoms with van der Waals surface area (Å²) in [5.74, 6) is 1.76. The van der Waals surface area contributed by atoms with Crippen LogP contribution >= 0.6 is 0 Å². The summed E-state index contributed by atoms with van der Waals surface area (Å²) in [6.45, 7) is 12.2. The maximum absolute atomic E-state index is 6.40. The minimum absolute atomic E-state index is 0.00452. The van der Waals surface area contributed by atoms with E-state index in [1.54, 1.807) is 0 Å². The van der Waals surface area contributed by atoms with Crippen LogP contribution in [0.25, 0.3) is 0 Å². The molecule has 0 saturated heterocycles. The van der Waals surface area contributed by atoms with Gasteiger partial charge in [-0.15, -0.1) is 0 Å². The van der Waals surface area contributed by atoms with Crippen molar-refractivity contribution in [2.75, 3.05) is 6.54 Å². The molecule has 0 bridgehead atoms. The second-order valence-electron chi connectivity index (χ2n) is 6.59. The number of benzene rings is 1. The van der Waals surface area contributed by atoms with E-state index in [-0.39, 0.29) is 5.60 Å². The highest BCUT2D eigenvalue weighted by Gasteiger charge is 2.38. The lowest BCUT2D eigenvalue weighted by Crippen LogP contribution is -2.44. The number of hydrogen-bond donors (Lipinski definition) is 1. The summed E-state index contributed by atoms with van der Waals surface area (Å²) >= 11 is 0. The van der Waals surface area contributed by atoms with E-state index in [0.717, 1.165) is 31.6 Å². The molecule has 2 heteroatoms. The van der Waals surface area contributed by atoms with Crippen molar-refractivity contribution in [1.82, 2.24) is 5.32 Å². The van der Waals surface area contributed by atoms with Crippen molar-refractivity contribution in [2.24, 2.45) is 5.92 Å². The van der Waals surface area contributed by atoms with Gasteiger partial charge < -0.3 is 10.1 Å². The molecule has 1 aliphatic heterocycles. The van der Waals surface area contributed by atoms with Crippen LogP contribution in [0.4, 0.5) is 0 Å². The molecule has 0 fully saturated rings. The van der Waals surface area contributed by atoms with E-state index < -0.39 is 0 Å². The summed E-state index contributed by atoms with van der Waals surface area (Å²) in [7, 11) is 0. The van der Waals surface area contributed by atoms with Crippen molar-refractivity contribution in [3.05, 3.63) is 29.3 Å². The summed E-state index contributed by atoms with van der Waals surface area (Å²) in [6.07, 6.45) is 3.20. The standard InChI is InChI=1S/C18H29NO/c1-6-18(7-2)11-16(19-12-13(3)4)15-9-8-14(5)10-17(15)20-18/h8-10,13,16,19H,6-7,11-12H2,1-5H3. The van der Waals surface area contributed by atoms with Gasteiger partial charge in [0.15, 0.2) is 0 Å². The first-order valence-corrected chi connectivity index (χ1v) is 8.02. The van der Waals surface area contributed by atoms with Gasteiger partial charge in [-0.3, -0.25) is 0 Å². The Morgan fingerprint density at radius 2 is 2.00 bits per heavy atom. The number of rotatable bonds is 5. The molecule has 0 aliphatic carbocycles. The van der Waals surface area contributed by atoms with Crippen LogP contribution in [0, 0.1) is 12.8 Å². The predicted molar refractivity (Wildman–Crippen MR) is 85.3 cm³/mol. The van der Waals surface area contributed by atoms with Crippen LogP contribution < -0.4 is 10.1 Å². The lowest BCUT2D eigenvalue weighted by molar-refractivity contribution is 0.0223. The van der Waals surface area contributed by atoms with Crippen LogP contribution in [-0.2, 0) is 0 Å². The quantitative estimate of drug-likeness (QED) is 0.846. The monoisotopic (exact) mass is 275 g/mol. The summed E-state index contributed by atoms with van der Waals surface area (Å²) < 4.78 is 6.40. The van der Waals surface area contributed by atoms with E-state index in [2.05, 4.69) is 58.1 Å². The van der Waals surface area contributed by atoms with Gasteiger partial charge in [-0.2, -0.15) is 0 Å². The molecule has 0 aromatic heterocycles. The normalized spacial score (nSPS) is 20.6. The van der Waals surface area contributed by atoms with Crippen molar-refractivity contribution >= 4 is 0 Å². The highest BCUT2D eigenvalue weighted by Crippen LogP contribution is 2.43. The fourth-order valence-electron chi connectivity index (χ4n) is 3.02. The fraction of sp³-hybridized carbons (Fsp3) is 0.667. The van der Waals surface area contributed by atoms with Gasteiger partial charge in [0.05, 0.1) is 0 Å². The first-order chi connectivity index (χ1) is 9.49. The highest BCUT2D eigenvalue weighted by atomic mass is 16.5. The molecule has 1 atom stereocenters. The Balaban J connectivity index is 2.31. The van der Waals surface area contributed by atoms with Crippen molar-refractivity contribution < 1.29 is 4.74 Å². The third-order valence-electron chi connectivity index (χ3n) is 4.51. The molecular formula is C18H29NO. The van der Waals surface area contributed by atoms with Crippen molar-refractivity contribution in [3.8, 4) is 5.75 Å². The minimum atomic E-state index is -0.00452. The van der Waals surface area contributed by atoms with Crippen LogP contribution in [0.3, 0.4) is 0 Å². The van der Waals surface area contributed by atoms with Gasteiger partial charge in [0, 0.05) is 18.0 Å². The highest BCUT2D eigenvalue weighted by molar-refractivity contribution is 5.41. The summed E-state index contributed by atoms with van der Waals surface area (Å²) in [6, 6.07) is 7.04. The maximum atomic E-state index is 6.40. The molecule has 1 aliphatic rings. The molecule has 112 valence electrons. The first-order valence-electron chi connectivity index (χ1n) is 8.02. The zero-order chi connectivity index (χ0) is 14.8. The SMILES string of the molecule is CCC1(CC)CC(NCC(C)C)c2ccc(C)cc2O1. The largest absolute Gasteiger partial charge is 0.487 e. The van der Waals surface area contributed by atoms with Gasteiger partial charge in [0.1, 0.15) is 11.4 Å². The van der Waals surface area contributed by atoms with Crippen LogP contribution in [-0.4, -0.2) is 12.1 Å². The molecule has 0 saturated carbocycles. The van der Waals surface area contributed by atoms with E-state index in [1.165, 1.54) is 11.1 Å². The molecule has 20 heavy (non-hydrogen) atoms. The third kappa shape index (κ3) is 3.17. The Labute approximate surface area is 123 Å². The Morgan fingerprint density at radius 1 is 1.30 bits per heavy atom. The second-order valence-corrected chi connectivity index (χ2v) is 6.59.